The van der Waals surface area contributed by atoms with Crippen LogP contribution in [0.1, 0.15) is 11.1 Å². The predicted molar refractivity (Wildman–Crippen MR) is 59.5 cm³/mol. The normalized spacial score (nSPS) is 10.2. The predicted octanol–water partition coefficient (Wildman–Crippen LogP) is 2.82. The molecule has 0 amide bonds. The van der Waals surface area contributed by atoms with Crippen molar-refractivity contribution in [3.8, 4) is 0 Å². The van der Waals surface area contributed by atoms with E-state index in [4.69, 9.17) is 5.73 Å². The molecule has 0 spiro atoms. The maximum Gasteiger partial charge on any atom is 0.0312 e. The van der Waals surface area contributed by atoms with Gasteiger partial charge in [-0.05, 0) is 68.7 Å². The van der Waals surface area contributed by atoms with Gasteiger partial charge >= 0.3 is 0 Å². The summed E-state index contributed by atoms with van der Waals surface area (Å²) in [4.78, 5) is 0. The van der Waals surface area contributed by atoms with Crippen molar-refractivity contribution in [3.05, 3.63) is 31.3 Å². The monoisotopic (exact) mass is 325 g/mol. The summed E-state index contributed by atoms with van der Waals surface area (Å²) in [5.41, 5.74) is 8.02. The molecule has 0 aliphatic carbocycles. The Hall–Kier alpha value is 0.390. The van der Waals surface area contributed by atoms with Crippen molar-refractivity contribution >= 4 is 38.5 Å². The molecule has 0 aliphatic heterocycles. The van der Waals surface area contributed by atoms with Crippen molar-refractivity contribution in [2.75, 3.05) is 0 Å². The first kappa shape index (κ1) is 9.48. The quantitative estimate of drug-likeness (QED) is 0.789. The van der Waals surface area contributed by atoms with Crippen LogP contribution in [0, 0.1) is 10.5 Å². The molecule has 0 heterocycles. The van der Waals surface area contributed by atoms with E-state index in [1.807, 2.05) is 0 Å². The van der Waals surface area contributed by atoms with E-state index in [-0.39, 0.29) is 0 Å². The summed E-state index contributed by atoms with van der Waals surface area (Å²) in [6.45, 7) is 2.69. The molecule has 0 aromatic heterocycles. The minimum Gasteiger partial charge on any atom is -0.326 e. The molecule has 3 heteroatoms. The van der Waals surface area contributed by atoms with Crippen molar-refractivity contribution in [1.29, 1.82) is 0 Å². The van der Waals surface area contributed by atoms with Crippen molar-refractivity contribution in [2.24, 2.45) is 5.73 Å². The molecule has 0 radical (unpaired) electrons. The van der Waals surface area contributed by atoms with Gasteiger partial charge in [-0.2, -0.15) is 0 Å². The molecule has 0 aliphatic rings. The molecular weight excluding hydrogens is 317 g/mol. The summed E-state index contributed by atoms with van der Waals surface area (Å²) in [7, 11) is 0. The minimum atomic E-state index is 0.612. The van der Waals surface area contributed by atoms with Crippen LogP contribution in [0.4, 0.5) is 0 Å². The molecule has 1 aromatic carbocycles. The SMILES string of the molecule is Cc1cc(I)c(Br)cc1CN. The Morgan fingerprint density at radius 1 is 1.55 bits per heavy atom. The Morgan fingerprint density at radius 2 is 2.18 bits per heavy atom. The van der Waals surface area contributed by atoms with Crippen molar-refractivity contribution < 1.29 is 0 Å². The average Bonchev–Trinajstić information content (AvgIpc) is 1.97. The molecule has 0 unspecified atom stereocenters. The van der Waals surface area contributed by atoms with Crippen LogP contribution >= 0.6 is 38.5 Å². The summed E-state index contributed by atoms with van der Waals surface area (Å²) in [5, 5.41) is 0. The number of halogens is 2. The number of aryl methyl sites for hydroxylation is 1. The van der Waals surface area contributed by atoms with E-state index in [0.717, 1.165) is 4.47 Å². The maximum absolute atomic E-state index is 5.55. The summed E-state index contributed by atoms with van der Waals surface area (Å²) in [5.74, 6) is 0. The van der Waals surface area contributed by atoms with Gasteiger partial charge in [-0.15, -0.1) is 0 Å². The van der Waals surface area contributed by atoms with Gasteiger partial charge in [0.05, 0.1) is 0 Å². The summed E-state index contributed by atoms with van der Waals surface area (Å²) >= 11 is 5.75. The molecule has 1 nitrogen and oxygen atoms in total. The fourth-order valence-corrected chi connectivity index (χ4v) is 1.92. The standard InChI is InChI=1S/C8H9BrIN/c1-5-2-8(10)7(9)3-6(5)4-11/h2-3H,4,11H2,1H3. The molecule has 0 atom stereocenters. The summed E-state index contributed by atoms with van der Waals surface area (Å²) in [6.07, 6.45) is 0. The highest BCUT2D eigenvalue weighted by molar-refractivity contribution is 14.1. The van der Waals surface area contributed by atoms with Gasteiger partial charge in [0.15, 0.2) is 0 Å². The molecule has 0 saturated carbocycles. The van der Waals surface area contributed by atoms with Crippen LogP contribution in [0.25, 0.3) is 0 Å². The van der Waals surface area contributed by atoms with Crippen LogP contribution < -0.4 is 5.73 Å². The molecule has 0 fully saturated rings. The summed E-state index contributed by atoms with van der Waals surface area (Å²) < 4.78 is 2.36. The van der Waals surface area contributed by atoms with Crippen molar-refractivity contribution in [2.45, 2.75) is 13.5 Å². The molecule has 1 aromatic rings. The molecule has 0 bridgehead atoms. The maximum atomic E-state index is 5.55. The highest BCUT2D eigenvalue weighted by atomic mass is 127. The van der Waals surface area contributed by atoms with Crippen LogP contribution in [0.5, 0.6) is 0 Å². The van der Waals surface area contributed by atoms with Crippen LogP contribution in [-0.4, -0.2) is 0 Å². The number of hydrogen-bond acceptors (Lipinski definition) is 1. The first-order valence-corrected chi connectivity index (χ1v) is 5.17. The molecule has 1 rings (SSSR count). The smallest absolute Gasteiger partial charge is 0.0312 e. The Labute approximate surface area is 88.6 Å². The first-order valence-electron chi connectivity index (χ1n) is 3.29. The molecule has 0 saturated heterocycles. The first-order chi connectivity index (χ1) is 5.15. The average molecular weight is 326 g/mol. The lowest BCUT2D eigenvalue weighted by molar-refractivity contribution is 1.04. The van der Waals surface area contributed by atoms with E-state index in [1.165, 1.54) is 14.7 Å². The van der Waals surface area contributed by atoms with Crippen molar-refractivity contribution in [1.82, 2.24) is 0 Å². The largest absolute Gasteiger partial charge is 0.326 e. The topological polar surface area (TPSA) is 26.0 Å². The third kappa shape index (κ3) is 2.16. The van der Waals surface area contributed by atoms with Crippen LogP contribution in [0.3, 0.4) is 0 Å². The second-order valence-corrected chi connectivity index (χ2v) is 4.41. The Bertz CT molecular complexity index is 273. The van der Waals surface area contributed by atoms with Gasteiger partial charge < -0.3 is 5.73 Å². The van der Waals surface area contributed by atoms with Crippen LogP contribution in [0.2, 0.25) is 0 Å². The van der Waals surface area contributed by atoms with Gasteiger partial charge in [-0.1, -0.05) is 0 Å². The van der Waals surface area contributed by atoms with E-state index in [0.29, 0.717) is 6.54 Å². The number of nitrogens with two attached hydrogens (primary N) is 1. The second-order valence-electron chi connectivity index (χ2n) is 2.40. The van der Waals surface area contributed by atoms with E-state index in [1.54, 1.807) is 0 Å². The van der Waals surface area contributed by atoms with Gasteiger partial charge in [-0.25, -0.2) is 0 Å². The molecular formula is C8H9BrIN. The van der Waals surface area contributed by atoms with Gasteiger partial charge in [-0.3, -0.25) is 0 Å². The summed E-state index contributed by atoms with van der Waals surface area (Å²) in [6, 6.07) is 4.21. The second kappa shape index (κ2) is 3.87. The van der Waals surface area contributed by atoms with Gasteiger partial charge in [0.25, 0.3) is 0 Å². The number of benzene rings is 1. The van der Waals surface area contributed by atoms with E-state index < -0.39 is 0 Å². The zero-order chi connectivity index (χ0) is 8.43. The lowest BCUT2D eigenvalue weighted by Gasteiger charge is -2.04. The Balaban J connectivity index is 3.21. The lowest BCUT2D eigenvalue weighted by atomic mass is 10.1. The zero-order valence-corrected chi connectivity index (χ0v) is 9.94. The molecule has 60 valence electrons. The van der Waals surface area contributed by atoms with Gasteiger partial charge in [0.2, 0.25) is 0 Å². The third-order valence-corrected chi connectivity index (χ3v) is 3.89. The van der Waals surface area contributed by atoms with Gasteiger partial charge in [0.1, 0.15) is 0 Å². The lowest BCUT2D eigenvalue weighted by Crippen LogP contribution is -1.99. The van der Waals surface area contributed by atoms with Crippen molar-refractivity contribution in [3.63, 3.8) is 0 Å². The Kier molecular flexibility index (Phi) is 3.33. The fourth-order valence-electron chi connectivity index (χ4n) is 0.907. The molecule has 2 N–H and O–H groups in total. The van der Waals surface area contributed by atoms with E-state index >= 15 is 0 Å². The van der Waals surface area contributed by atoms with E-state index in [2.05, 4.69) is 57.6 Å². The van der Waals surface area contributed by atoms with Gasteiger partial charge in [0, 0.05) is 14.6 Å². The number of rotatable bonds is 1. The fraction of sp³-hybridized carbons (Fsp3) is 0.250. The highest BCUT2D eigenvalue weighted by Crippen LogP contribution is 2.22. The Morgan fingerprint density at radius 3 is 2.73 bits per heavy atom. The highest BCUT2D eigenvalue weighted by Gasteiger charge is 2.00. The molecule has 11 heavy (non-hydrogen) atoms. The number of hydrogen-bond donors (Lipinski definition) is 1. The van der Waals surface area contributed by atoms with Crippen LogP contribution in [-0.2, 0) is 6.54 Å². The zero-order valence-electron chi connectivity index (χ0n) is 6.20. The third-order valence-electron chi connectivity index (χ3n) is 1.60. The van der Waals surface area contributed by atoms with E-state index in [9.17, 15) is 0 Å². The van der Waals surface area contributed by atoms with Crippen LogP contribution in [0.15, 0.2) is 16.6 Å². The minimum absolute atomic E-state index is 0.612.